The maximum atomic E-state index is 11.6. The standard InChI is InChI=1S/C14H23N5O2/c1-4-21-13(20)11-7-16-14(17-8-11)19-6-5-15-12(10-19)9-18(2)3/h7-8,12,15H,4-6,9-10H2,1-3H3. The fourth-order valence-electron chi connectivity index (χ4n) is 2.37. The summed E-state index contributed by atoms with van der Waals surface area (Å²) in [6.45, 7) is 5.72. The molecule has 1 aromatic rings. The van der Waals surface area contributed by atoms with E-state index in [1.807, 2.05) is 0 Å². The molecule has 0 saturated carbocycles. The zero-order valence-electron chi connectivity index (χ0n) is 12.9. The molecule has 0 spiro atoms. The third-order valence-electron chi connectivity index (χ3n) is 3.27. The number of hydrogen-bond acceptors (Lipinski definition) is 7. The van der Waals surface area contributed by atoms with Gasteiger partial charge in [-0.3, -0.25) is 0 Å². The van der Waals surface area contributed by atoms with Crippen molar-refractivity contribution in [1.29, 1.82) is 0 Å². The molecule has 0 radical (unpaired) electrons. The molecule has 7 heteroatoms. The third kappa shape index (κ3) is 4.37. The first-order valence-electron chi connectivity index (χ1n) is 7.22. The molecule has 1 aromatic heterocycles. The molecule has 1 fully saturated rings. The normalized spacial score (nSPS) is 18.9. The average Bonchev–Trinajstić information content (AvgIpc) is 2.47. The third-order valence-corrected chi connectivity index (χ3v) is 3.27. The Balaban J connectivity index is 1.99. The van der Waals surface area contributed by atoms with Crippen LogP contribution in [0.1, 0.15) is 17.3 Å². The Bertz CT molecular complexity index is 463. The van der Waals surface area contributed by atoms with E-state index in [2.05, 4.69) is 39.2 Å². The second kappa shape index (κ2) is 7.33. The summed E-state index contributed by atoms with van der Waals surface area (Å²) >= 11 is 0. The minimum absolute atomic E-state index is 0.352. The highest BCUT2D eigenvalue weighted by atomic mass is 16.5. The lowest BCUT2D eigenvalue weighted by Gasteiger charge is -2.34. The smallest absolute Gasteiger partial charge is 0.341 e. The van der Waals surface area contributed by atoms with Crippen LogP contribution in [0.3, 0.4) is 0 Å². The van der Waals surface area contributed by atoms with Crippen LogP contribution in [0.15, 0.2) is 12.4 Å². The van der Waals surface area contributed by atoms with Crippen LogP contribution in [0.25, 0.3) is 0 Å². The number of rotatable bonds is 5. The summed E-state index contributed by atoms with van der Waals surface area (Å²) in [5.41, 5.74) is 0.389. The molecular formula is C14H23N5O2. The maximum absolute atomic E-state index is 11.6. The van der Waals surface area contributed by atoms with Crippen LogP contribution in [-0.4, -0.2) is 73.8 Å². The summed E-state index contributed by atoms with van der Waals surface area (Å²) in [5.74, 6) is 0.281. The zero-order valence-corrected chi connectivity index (χ0v) is 12.9. The van der Waals surface area contributed by atoms with E-state index < -0.39 is 0 Å². The molecule has 1 N–H and O–H groups in total. The predicted molar refractivity (Wildman–Crippen MR) is 80.5 cm³/mol. The van der Waals surface area contributed by atoms with Crippen LogP contribution in [0.5, 0.6) is 0 Å². The molecule has 1 saturated heterocycles. The summed E-state index contributed by atoms with van der Waals surface area (Å²) in [4.78, 5) is 24.5. The fraction of sp³-hybridized carbons (Fsp3) is 0.643. The maximum Gasteiger partial charge on any atom is 0.341 e. The Labute approximate surface area is 125 Å². The molecule has 0 bridgehead atoms. The Kier molecular flexibility index (Phi) is 5.46. The van der Waals surface area contributed by atoms with Crippen LogP contribution in [0, 0.1) is 0 Å². The number of carbonyl (C=O) groups is 1. The Morgan fingerprint density at radius 1 is 1.48 bits per heavy atom. The lowest BCUT2D eigenvalue weighted by atomic mass is 10.2. The van der Waals surface area contributed by atoms with Crippen LogP contribution in [-0.2, 0) is 4.74 Å². The molecule has 116 valence electrons. The van der Waals surface area contributed by atoms with Crippen molar-refractivity contribution >= 4 is 11.9 Å². The van der Waals surface area contributed by atoms with Gasteiger partial charge >= 0.3 is 5.97 Å². The number of carbonyl (C=O) groups excluding carboxylic acids is 1. The van der Waals surface area contributed by atoms with Crippen molar-refractivity contribution < 1.29 is 9.53 Å². The SMILES string of the molecule is CCOC(=O)c1cnc(N2CCNC(CN(C)C)C2)nc1. The molecule has 1 aliphatic rings. The van der Waals surface area contributed by atoms with Crippen molar-refractivity contribution in [3.05, 3.63) is 18.0 Å². The number of likely N-dealkylation sites (N-methyl/N-ethyl adjacent to an activating group) is 1. The zero-order chi connectivity index (χ0) is 15.2. The number of anilines is 1. The first-order valence-corrected chi connectivity index (χ1v) is 7.22. The minimum atomic E-state index is -0.380. The summed E-state index contributed by atoms with van der Waals surface area (Å²) in [6.07, 6.45) is 3.06. The van der Waals surface area contributed by atoms with Crippen LogP contribution in [0.2, 0.25) is 0 Å². The van der Waals surface area contributed by atoms with Gasteiger partial charge in [0, 0.05) is 44.6 Å². The van der Waals surface area contributed by atoms with Crippen molar-refractivity contribution in [2.24, 2.45) is 0 Å². The van der Waals surface area contributed by atoms with Gasteiger partial charge in [0.25, 0.3) is 0 Å². The van der Waals surface area contributed by atoms with Gasteiger partial charge in [0.05, 0.1) is 12.2 Å². The first kappa shape index (κ1) is 15.7. The summed E-state index contributed by atoms with van der Waals surface area (Å²) < 4.78 is 4.93. The Hall–Kier alpha value is -1.73. The summed E-state index contributed by atoms with van der Waals surface area (Å²) in [7, 11) is 4.12. The highest BCUT2D eigenvalue weighted by Crippen LogP contribution is 2.11. The van der Waals surface area contributed by atoms with Crippen molar-refractivity contribution in [3.63, 3.8) is 0 Å². The molecule has 2 rings (SSSR count). The van der Waals surface area contributed by atoms with Crippen molar-refractivity contribution in [2.45, 2.75) is 13.0 Å². The van der Waals surface area contributed by atoms with E-state index in [-0.39, 0.29) is 5.97 Å². The van der Waals surface area contributed by atoms with Gasteiger partial charge in [0.15, 0.2) is 0 Å². The van der Waals surface area contributed by atoms with Crippen LogP contribution >= 0.6 is 0 Å². The fourth-order valence-corrected chi connectivity index (χ4v) is 2.37. The van der Waals surface area contributed by atoms with E-state index in [9.17, 15) is 4.79 Å². The number of aromatic nitrogens is 2. The second-order valence-corrected chi connectivity index (χ2v) is 5.35. The molecule has 0 aromatic carbocycles. The monoisotopic (exact) mass is 293 g/mol. The molecule has 2 heterocycles. The van der Waals surface area contributed by atoms with Gasteiger partial charge in [-0.2, -0.15) is 0 Å². The largest absolute Gasteiger partial charge is 0.462 e. The van der Waals surface area contributed by atoms with Gasteiger partial charge in [0.1, 0.15) is 0 Å². The summed E-state index contributed by atoms with van der Waals surface area (Å²) in [6, 6.07) is 0.391. The van der Waals surface area contributed by atoms with Gasteiger partial charge in [-0.05, 0) is 21.0 Å². The highest BCUT2D eigenvalue weighted by molar-refractivity contribution is 5.88. The molecular weight excluding hydrogens is 270 g/mol. The van der Waals surface area contributed by atoms with E-state index in [0.29, 0.717) is 24.2 Å². The lowest BCUT2D eigenvalue weighted by Crippen LogP contribution is -2.54. The topological polar surface area (TPSA) is 70.6 Å². The van der Waals surface area contributed by atoms with Gasteiger partial charge in [0.2, 0.25) is 5.95 Å². The van der Waals surface area contributed by atoms with E-state index in [1.165, 1.54) is 12.4 Å². The van der Waals surface area contributed by atoms with Gasteiger partial charge < -0.3 is 19.9 Å². The van der Waals surface area contributed by atoms with E-state index in [4.69, 9.17) is 4.74 Å². The Morgan fingerprint density at radius 2 is 2.19 bits per heavy atom. The second-order valence-electron chi connectivity index (χ2n) is 5.35. The summed E-state index contributed by atoms with van der Waals surface area (Å²) in [5, 5.41) is 3.48. The number of esters is 1. The predicted octanol–water partition coefficient (Wildman–Crippen LogP) is -0.00690. The molecule has 1 atom stereocenters. The van der Waals surface area contributed by atoms with Gasteiger partial charge in [-0.1, -0.05) is 0 Å². The molecule has 0 aliphatic carbocycles. The minimum Gasteiger partial charge on any atom is -0.462 e. The number of piperazine rings is 1. The first-order chi connectivity index (χ1) is 10.1. The average molecular weight is 293 g/mol. The van der Waals surface area contributed by atoms with E-state index in [1.54, 1.807) is 6.92 Å². The van der Waals surface area contributed by atoms with Gasteiger partial charge in [-0.15, -0.1) is 0 Å². The van der Waals surface area contributed by atoms with E-state index >= 15 is 0 Å². The number of nitrogens with one attached hydrogen (secondary N) is 1. The lowest BCUT2D eigenvalue weighted by molar-refractivity contribution is 0.0525. The molecule has 1 aliphatic heterocycles. The number of nitrogens with zero attached hydrogens (tertiary/aromatic N) is 4. The number of hydrogen-bond donors (Lipinski definition) is 1. The van der Waals surface area contributed by atoms with Gasteiger partial charge in [-0.25, -0.2) is 14.8 Å². The van der Waals surface area contributed by atoms with Crippen molar-refractivity contribution in [1.82, 2.24) is 20.2 Å². The quantitative estimate of drug-likeness (QED) is 0.766. The highest BCUT2D eigenvalue weighted by Gasteiger charge is 2.21. The van der Waals surface area contributed by atoms with Crippen molar-refractivity contribution in [2.75, 3.05) is 51.8 Å². The van der Waals surface area contributed by atoms with Crippen molar-refractivity contribution in [3.8, 4) is 0 Å². The number of ether oxygens (including phenoxy) is 1. The van der Waals surface area contributed by atoms with Crippen LogP contribution < -0.4 is 10.2 Å². The Morgan fingerprint density at radius 3 is 2.81 bits per heavy atom. The molecule has 21 heavy (non-hydrogen) atoms. The van der Waals surface area contributed by atoms with E-state index in [0.717, 1.165) is 26.2 Å². The van der Waals surface area contributed by atoms with Crippen LogP contribution in [0.4, 0.5) is 5.95 Å². The molecule has 7 nitrogen and oxygen atoms in total. The molecule has 0 amide bonds. The molecule has 1 unspecified atom stereocenters.